The molecule has 3 aromatic rings. The maximum atomic E-state index is 12.5. The molecule has 0 aliphatic carbocycles. The Morgan fingerprint density at radius 2 is 1.73 bits per heavy atom. The van der Waals surface area contributed by atoms with Crippen molar-refractivity contribution in [1.82, 2.24) is 10.3 Å². The number of carbonyl (C=O) groups excluding carboxylic acids is 2. The van der Waals surface area contributed by atoms with Gasteiger partial charge in [0.25, 0.3) is 5.91 Å². The van der Waals surface area contributed by atoms with Gasteiger partial charge >= 0.3 is 6.03 Å². The van der Waals surface area contributed by atoms with E-state index in [1.807, 2.05) is 68.4 Å². The van der Waals surface area contributed by atoms with Crippen molar-refractivity contribution in [1.29, 1.82) is 0 Å². The number of benzene rings is 2. The average molecular weight is 403 g/mol. The number of nitrogens with one attached hydrogen (secondary N) is 3. The van der Waals surface area contributed by atoms with Crippen molar-refractivity contribution in [2.75, 3.05) is 29.6 Å². The zero-order chi connectivity index (χ0) is 21.5. The van der Waals surface area contributed by atoms with Gasteiger partial charge in [-0.2, -0.15) is 0 Å². The molecular weight excluding hydrogens is 378 g/mol. The molecule has 0 aliphatic rings. The van der Waals surface area contributed by atoms with Crippen molar-refractivity contribution in [3.8, 4) is 0 Å². The molecule has 0 spiro atoms. The minimum atomic E-state index is -0.354. The van der Waals surface area contributed by atoms with Crippen LogP contribution in [0.25, 0.3) is 0 Å². The Morgan fingerprint density at radius 1 is 0.967 bits per heavy atom. The van der Waals surface area contributed by atoms with Gasteiger partial charge in [-0.15, -0.1) is 0 Å². The topological polar surface area (TPSA) is 86.4 Å². The van der Waals surface area contributed by atoms with Crippen molar-refractivity contribution in [2.24, 2.45) is 0 Å². The van der Waals surface area contributed by atoms with E-state index in [-0.39, 0.29) is 11.9 Å². The Balaban J connectivity index is 1.65. The Kier molecular flexibility index (Phi) is 6.64. The van der Waals surface area contributed by atoms with Crippen molar-refractivity contribution in [3.63, 3.8) is 0 Å². The van der Waals surface area contributed by atoms with E-state index in [1.54, 1.807) is 24.4 Å². The van der Waals surface area contributed by atoms with Gasteiger partial charge in [0.05, 0.1) is 0 Å². The van der Waals surface area contributed by atoms with Crippen LogP contribution < -0.4 is 20.9 Å². The Hall–Kier alpha value is -3.87. The fraction of sp³-hybridized carbons (Fsp3) is 0.174. The number of pyridine rings is 1. The van der Waals surface area contributed by atoms with Crippen LogP contribution in [-0.2, 0) is 6.54 Å². The molecule has 1 aromatic heterocycles. The van der Waals surface area contributed by atoms with Gasteiger partial charge in [-0.3, -0.25) is 4.79 Å². The molecule has 7 heteroatoms. The molecule has 0 unspecified atom stereocenters. The van der Waals surface area contributed by atoms with E-state index in [0.29, 0.717) is 23.5 Å². The first-order valence-electron chi connectivity index (χ1n) is 9.57. The van der Waals surface area contributed by atoms with Crippen LogP contribution in [0.2, 0.25) is 0 Å². The zero-order valence-electron chi connectivity index (χ0n) is 17.3. The van der Waals surface area contributed by atoms with Gasteiger partial charge in [-0.05, 0) is 42.8 Å². The molecular formula is C23H25N5O2. The van der Waals surface area contributed by atoms with E-state index >= 15 is 0 Å². The lowest BCUT2D eigenvalue weighted by Gasteiger charge is -2.16. The second-order valence-corrected chi connectivity index (χ2v) is 7.04. The number of hydrogen-bond acceptors (Lipinski definition) is 4. The molecule has 0 fully saturated rings. The molecule has 154 valence electrons. The number of aromatic nitrogens is 1. The van der Waals surface area contributed by atoms with Gasteiger partial charge < -0.3 is 20.9 Å². The van der Waals surface area contributed by atoms with E-state index in [4.69, 9.17) is 0 Å². The van der Waals surface area contributed by atoms with Crippen LogP contribution in [0.15, 0.2) is 66.9 Å². The van der Waals surface area contributed by atoms with Crippen molar-refractivity contribution < 1.29 is 9.59 Å². The predicted octanol–water partition coefficient (Wildman–Crippen LogP) is 4.03. The lowest BCUT2D eigenvalue weighted by Crippen LogP contribution is -2.29. The summed E-state index contributed by atoms with van der Waals surface area (Å²) >= 11 is 0. The van der Waals surface area contributed by atoms with Crippen molar-refractivity contribution in [2.45, 2.75) is 13.5 Å². The Bertz CT molecular complexity index is 1030. The van der Waals surface area contributed by atoms with Gasteiger partial charge in [0.2, 0.25) is 0 Å². The highest BCUT2D eigenvalue weighted by Gasteiger charge is 2.12. The molecule has 2 aromatic carbocycles. The molecule has 3 rings (SSSR count). The number of nitrogens with zero attached hydrogens (tertiary/aromatic N) is 2. The summed E-state index contributed by atoms with van der Waals surface area (Å²) in [6.07, 6.45) is 1.72. The molecule has 1 heterocycles. The first kappa shape index (κ1) is 20.9. The molecule has 3 N–H and O–H groups in total. The minimum absolute atomic E-state index is 0.240. The maximum absolute atomic E-state index is 12.5. The zero-order valence-corrected chi connectivity index (χ0v) is 17.3. The molecule has 0 saturated heterocycles. The average Bonchev–Trinajstić information content (AvgIpc) is 2.74. The quantitative estimate of drug-likeness (QED) is 0.580. The number of carbonyl (C=O) groups is 2. The van der Waals surface area contributed by atoms with Gasteiger partial charge in [0.15, 0.2) is 0 Å². The van der Waals surface area contributed by atoms with Gasteiger partial charge in [-0.1, -0.05) is 30.3 Å². The SMILES string of the molecule is Cc1ccc(C(=O)Nc2ccccc2)cc1NC(=O)NCc1cccnc1N(C)C. The molecule has 0 aliphatic heterocycles. The second kappa shape index (κ2) is 9.56. The van der Waals surface area contributed by atoms with Crippen LogP contribution in [0.5, 0.6) is 0 Å². The summed E-state index contributed by atoms with van der Waals surface area (Å²) in [5.41, 5.74) is 3.51. The number of rotatable bonds is 6. The van der Waals surface area contributed by atoms with Crippen LogP contribution in [0, 0.1) is 6.92 Å². The predicted molar refractivity (Wildman–Crippen MR) is 120 cm³/mol. The fourth-order valence-corrected chi connectivity index (χ4v) is 2.94. The highest BCUT2D eigenvalue weighted by molar-refractivity contribution is 6.05. The smallest absolute Gasteiger partial charge is 0.319 e. The normalized spacial score (nSPS) is 10.2. The third-order valence-corrected chi connectivity index (χ3v) is 4.51. The van der Waals surface area contributed by atoms with Crippen LogP contribution >= 0.6 is 0 Å². The molecule has 0 radical (unpaired) electrons. The van der Waals surface area contributed by atoms with E-state index in [9.17, 15) is 9.59 Å². The summed E-state index contributed by atoms with van der Waals surface area (Å²) in [7, 11) is 3.81. The van der Waals surface area contributed by atoms with Crippen LogP contribution in [0.3, 0.4) is 0 Å². The number of hydrogen-bond donors (Lipinski definition) is 3. The molecule has 0 bridgehead atoms. The summed E-state index contributed by atoms with van der Waals surface area (Å²) < 4.78 is 0. The lowest BCUT2D eigenvalue weighted by atomic mass is 10.1. The third-order valence-electron chi connectivity index (χ3n) is 4.51. The summed E-state index contributed by atoms with van der Waals surface area (Å²) in [5.74, 6) is 0.559. The summed E-state index contributed by atoms with van der Waals surface area (Å²) in [6, 6.07) is 17.8. The summed E-state index contributed by atoms with van der Waals surface area (Å²) in [6.45, 7) is 2.21. The first-order chi connectivity index (χ1) is 14.4. The number of urea groups is 1. The fourth-order valence-electron chi connectivity index (χ4n) is 2.94. The van der Waals surface area contributed by atoms with Crippen LogP contribution in [-0.4, -0.2) is 31.0 Å². The van der Waals surface area contributed by atoms with Gasteiger partial charge in [-0.25, -0.2) is 9.78 Å². The van der Waals surface area contributed by atoms with E-state index < -0.39 is 0 Å². The lowest BCUT2D eigenvalue weighted by molar-refractivity contribution is 0.102. The summed E-state index contributed by atoms with van der Waals surface area (Å²) in [4.78, 5) is 31.2. The number of para-hydroxylation sites is 1. The number of aryl methyl sites for hydroxylation is 1. The number of anilines is 3. The third kappa shape index (κ3) is 5.35. The van der Waals surface area contributed by atoms with E-state index in [1.165, 1.54) is 0 Å². The molecule has 7 nitrogen and oxygen atoms in total. The van der Waals surface area contributed by atoms with Crippen LogP contribution in [0.4, 0.5) is 22.0 Å². The van der Waals surface area contributed by atoms with Gasteiger partial charge in [0, 0.05) is 49.3 Å². The first-order valence-corrected chi connectivity index (χ1v) is 9.57. The van der Waals surface area contributed by atoms with Crippen molar-refractivity contribution >= 4 is 29.1 Å². The standard InChI is InChI=1S/C23H25N5O2/c1-16-11-12-17(22(29)26-19-9-5-4-6-10-19)14-20(16)27-23(30)25-15-18-8-7-13-24-21(18)28(2)3/h4-14H,15H2,1-3H3,(H,26,29)(H2,25,27,30). The van der Waals surface area contributed by atoms with Gasteiger partial charge in [0.1, 0.15) is 5.82 Å². The van der Waals surface area contributed by atoms with Crippen LogP contribution in [0.1, 0.15) is 21.5 Å². The molecule has 0 saturated carbocycles. The largest absolute Gasteiger partial charge is 0.362 e. The summed E-state index contributed by atoms with van der Waals surface area (Å²) in [5, 5.41) is 8.51. The van der Waals surface area contributed by atoms with E-state index in [2.05, 4.69) is 20.9 Å². The number of amides is 3. The minimum Gasteiger partial charge on any atom is -0.362 e. The highest BCUT2D eigenvalue weighted by atomic mass is 16.2. The maximum Gasteiger partial charge on any atom is 0.319 e. The molecule has 0 atom stereocenters. The monoisotopic (exact) mass is 403 g/mol. The Morgan fingerprint density at radius 3 is 2.47 bits per heavy atom. The highest BCUT2D eigenvalue weighted by Crippen LogP contribution is 2.19. The molecule has 3 amide bonds. The van der Waals surface area contributed by atoms with E-state index in [0.717, 1.165) is 16.9 Å². The second-order valence-electron chi connectivity index (χ2n) is 7.04. The molecule has 30 heavy (non-hydrogen) atoms. The Labute approximate surface area is 176 Å². The van der Waals surface area contributed by atoms with Crippen molar-refractivity contribution in [3.05, 3.63) is 83.6 Å².